The lowest BCUT2D eigenvalue weighted by molar-refractivity contribution is -0.285. The molecule has 1 aliphatic rings. The van der Waals surface area contributed by atoms with Gasteiger partial charge in [-0.25, -0.2) is 19.6 Å². The number of primary amides is 1. The zero-order valence-electron chi connectivity index (χ0n) is 18.3. The Morgan fingerprint density at radius 1 is 1.23 bits per heavy atom. The van der Waals surface area contributed by atoms with Crippen molar-refractivity contribution in [3.8, 4) is 11.5 Å². The van der Waals surface area contributed by atoms with Gasteiger partial charge in [-0.15, -0.1) is 0 Å². The van der Waals surface area contributed by atoms with Crippen LogP contribution in [0.15, 0.2) is 18.3 Å². The topological polar surface area (TPSA) is 155 Å². The Kier molecular flexibility index (Phi) is 5.41. The van der Waals surface area contributed by atoms with Crippen molar-refractivity contribution in [3.63, 3.8) is 0 Å². The number of nitrogen functional groups attached to an aromatic ring is 1. The fourth-order valence-electron chi connectivity index (χ4n) is 4.17. The first-order valence-electron chi connectivity index (χ1n) is 10.3. The van der Waals surface area contributed by atoms with Crippen molar-refractivity contribution in [1.29, 1.82) is 0 Å². The number of nitrogens with two attached hydrogens (primary N) is 2. The average molecular weight is 498 g/mol. The number of carbonyl (C=O) groups excluding carboxylic acids is 2. The van der Waals surface area contributed by atoms with Gasteiger partial charge in [-0.1, -0.05) is 13.8 Å². The first-order valence-corrected chi connectivity index (χ1v) is 10.3. The largest absolute Gasteiger partial charge is 0.453 e. The molecule has 4 heterocycles. The van der Waals surface area contributed by atoms with E-state index < -0.39 is 48.2 Å². The van der Waals surface area contributed by atoms with Gasteiger partial charge in [0.05, 0.1) is 10.9 Å². The van der Waals surface area contributed by atoms with Crippen LogP contribution in [0.3, 0.4) is 0 Å². The summed E-state index contributed by atoms with van der Waals surface area (Å²) < 4.78 is 65.7. The Morgan fingerprint density at radius 3 is 2.51 bits per heavy atom. The number of nitrogens with one attached hydrogen (secondary N) is 1. The molecule has 0 fully saturated rings. The van der Waals surface area contributed by atoms with Crippen molar-refractivity contribution in [3.05, 3.63) is 23.9 Å². The summed E-state index contributed by atoms with van der Waals surface area (Å²) in [6, 6.07) is 2.99. The minimum absolute atomic E-state index is 0.000401. The number of fused-ring (bicyclic) bond motifs is 2. The van der Waals surface area contributed by atoms with Crippen LogP contribution in [0.2, 0.25) is 0 Å². The van der Waals surface area contributed by atoms with Crippen molar-refractivity contribution in [2.75, 3.05) is 11.1 Å². The van der Waals surface area contributed by atoms with Gasteiger partial charge in [0.2, 0.25) is 11.8 Å². The molecule has 2 amide bonds. The number of alkyl halides is 5. The molecule has 0 saturated heterocycles. The maximum atomic E-state index is 13.5. The normalized spacial score (nSPS) is 18.2. The first kappa shape index (κ1) is 24.2. The van der Waals surface area contributed by atoms with E-state index in [1.165, 1.54) is 18.3 Å². The van der Waals surface area contributed by atoms with E-state index in [2.05, 4.69) is 25.4 Å². The third-order valence-electron chi connectivity index (χ3n) is 5.95. The quantitative estimate of drug-likeness (QED) is 0.348. The monoisotopic (exact) mass is 498 g/mol. The minimum Gasteiger partial charge on any atom is -0.383 e. The van der Waals surface area contributed by atoms with Crippen LogP contribution < -0.4 is 16.8 Å². The van der Waals surface area contributed by atoms with Crippen molar-refractivity contribution < 1.29 is 31.5 Å². The minimum atomic E-state index is -5.72. The van der Waals surface area contributed by atoms with Crippen LogP contribution in [0.5, 0.6) is 0 Å². The summed E-state index contributed by atoms with van der Waals surface area (Å²) in [7, 11) is 0. The van der Waals surface area contributed by atoms with Crippen LogP contribution in [0, 0.1) is 5.92 Å². The van der Waals surface area contributed by atoms with Crippen molar-refractivity contribution in [1.82, 2.24) is 24.7 Å². The van der Waals surface area contributed by atoms with Crippen LogP contribution >= 0.6 is 0 Å². The van der Waals surface area contributed by atoms with Gasteiger partial charge in [-0.2, -0.15) is 27.1 Å². The molecule has 3 aromatic rings. The number of nitrogens with zero attached hydrogens (tertiary/aromatic N) is 5. The van der Waals surface area contributed by atoms with Gasteiger partial charge in [0.25, 0.3) is 0 Å². The molecule has 10 nitrogen and oxygen atoms in total. The van der Waals surface area contributed by atoms with E-state index in [0.717, 1.165) is 4.68 Å². The van der Waals surface area contributed by atoms with Crippen LogP contribution in [-0.4, -0.2) is 48.6 Å². The average Bonchev–Trinajstić information content (AvgIpc) is 3.27. The summed E-state index contributed by atoms with van der Waals surface area (Å²) in [5.74, 6) is -7.71. The number of halogens is 5. The molecule has 0 aromatic carbocycles. The number of hydrogen-bond donors (Lipinski definition) is 3. The zero-order valence-corrected chi connectivity index (χ0v) is 18.3. The molecule has 5 N–H and O–H groups in total. The molecule has 0 saturated carbocycles. The highest BCUT2D eigenvalue weighted by Gasteiger charge is 2.57. The SMILES string of the molecule is CC(C)C1(C(N)=O)C(=O)Nc2nc(-c3nn(CCC(F)(F)C(F)(F)F)c4ncccc34)nc(N)c21. The van der Waals surface area contributed by atoms with Gasteiger partial charge in [-0.05, 0) is 18.1 Å². The number of carbonyl (C=O) groups is 2. The lowest BCUT2D eigenvalue weighted by atomic mass is 9.72. The molecule has 1 aliphatic heterocycles. The van der Waals surface area contributed by atoms with E-state index in [1.54, 1.807) is 13.8 Å². The number of aromatic nitrogens is 5. The number of aryl methyl sites for hydroxylation is 1. The Balaban J connectivity index is 1.82. The lowest BCUT2D eigenvalue weighted by Crippen LogP contribution is -2.51. The maximum Gasteiger partial charge on any atom is 0.453 e. The Hall–Kier alpha value is -3.91. The van der Waals surface area contributed by atoms with E-state index in [4.69, 9.17) is 11.5 Å². The van der Waals surface area contributed by atoms with Gasteiger partial charge < -0.3 is 16.8 Å². The van der Waals surface area contributed by atoms with Gasteiger partial charge in [0, 0.05) is 19.2 Å². The highest BCUT2D eigenvalue weighted by atomic mass is 19.4. The zero-order chi connectivity index (χ0) is 25.9. The molecule has 4 rings (SSSR count). The second-order valence-corrected chi connectivity index (χ2v) is 8.34. The van der Waals surface area contributed by atoms with E-state index in [9.17, 15) is 31.5 Å². The van der Waals surface area contributed by atoms with Gasteiger partial charge in [0.1, 0.15) is 17.3 Å². The van der Waals surface area contributed by atoms with Crippen molar-refractivity contribution >= 4 is 34.5 Å². The third kappa shape index (κ3) is 3.52. The summed E-state index contributed by atoms with van der Waals surface area (Å²) in [6.45, 7) is 2.39. The summed E-state index contributed by atoms with van der Waals surface area (Å²) in [5, 5.41) is 6.83. The predicted molar refractivity (Wildman–Crippen MR) is 113 cm³/mol. The Labute approximate surface area is 193 Å². The maximum absolute atomic E-state index is 13.5. The Morgan fingerprint density at radius 2 is 1.91 bits per heavy atom. The molecule has 15 heteroatoms. The highest BCUT2D eigenvalue weighted by molar-refractivity contribution is 6.21. The summed E-state index contributed by atoms with van der Waals surface area (Å²) >= 11 is 0. The number of anilines is 2. The van der Waals surface area contributed by atoms with Crippen LogP contribution in [0.1, 0.15) is 25.8 Å². The summed E-state index contributed by atoms with van der Waals surface area (Å²) in [4.78, 5) is 37.5. The molecular formula is C20H19F5N8O2. The number of hydrogen-bond acceptors (Lipinski definition) is 7. The highest BCUT2D eigenvalue weighted by Crippen LogP contribution is 2.45. The molecule has 1 unspecified atom stereocenters. The molecule has 3 aromatic heterocycles. The van der Waals surface area contributed by atoms with Crippen LogP contribution in [-0.2, 0) is 21.5 Å². The second-order valence-electron chi connectivity index (χ2n) is 8.34. The van der Waals surface area contributed by atoms with Crippen LogP contribution in [0.4, 0.5) is 33.6 Å². The van der Waals surface area contributed by atoms with Gasteiger partial charge in [-0.3, -0.25) is 9.59 Å². The standard InChI is InChI=1S/C20H19F5N8O2/c1-8(2)19(16(27)34)10-12(26)29-14(30-13(10)31-17(19)35)11-9-4-3-6-28-15(9)33(32-11)7-5-18(21,22)20(23,24)25/h3-4,6,8H,5,7H2,1-2H3,(H2,27,34)(H3,26,29,30,31,35). The van der Waals surface area contributed by atoms with Crippen molar-refractivity contribution in [2.45, 2.75) is 44.3 Å². The Bertz CT molecular complexity index is 1350. The summed E-state index contributed by atoms with van der Waals surface area (Å²) in [5.41, 5.74) is 9.85. The molecule has 35 heavy (non-hydrogen) atoms. The molecular weight excluding hydrogens is 479 g/mol. The molecule has 0 spiro atoms. The molecule has 186 valence electrons. The first-order chi connectivity index (χ1) is 16.2. The summed E-state index contributed by atoms with van der Waals surface area (Å²) in [6.07, 6.45) is -5.97. The number of rotatable bonds is 6. The van der Waals surface area contributed by atoms with Gasteiger partial charge in [0.15, 0.2) is 16.9 Å². The van der Waals surface area contributed by atoms with E-state index in [1.807, 2.05) is 0 Å². The molecule has 0 bridgehead atoms. The number of pyridine rings is 1. The van der Waals surface area contributed by atoms with Crippen molar-refractivity contribution in [2.24, 2.45) is 11.7 Å². The molecule has 1 atom stereocenters. The lowest BCUT2D eigenvalue weighted by Gasteiger charge is -2.28. The third-order valence-corrected chi connectivity index (χ3v) is 5.95. The molecule has 0 aliphatic carbocycles. The molecule has 0 radical (unpaired) electrons. The fraction of sp³-hybridized carbons (Fsp3) is 0.400. The predicted octanol–water partition coefficient (Wildman–Crippen LogP) is 2.39. The smallest absolute Gasteiger partial charge is 0.383 e. The van der Waals surface area contributed by atoms with Crippen LogP contribution in [0.25, 0.3) is 22.6 Å². The van der Waals surface area contributed by atoms with E-state index in [0.29, 0.717) is 0 Å². The fourth-order valence-corrected chi connectivity index (χ4v) is 4.17. The van der Waals surface area contributed by atoms with E-state index >= 15 is 0 Å². The number of amides is 2. The van der Waals surface area contributed by atoms with E-state index in [-0.39, 0.29) is 39.8 Å². The van der Waals surface area contributed by atoms with Gasteiger partial charge >= 0.3 is 12.1 Å². The second kappa shape index (κ2) is 7.81.